The summed E-state index contributed by atoms with van der Waals surface area (Å²) in [4.78, 5) is 8.31. The minimum atomic E-state index is 0.324. The van der Waals surface area contributed by atoms with E-state index in [-0.39, 0.29) is 0 Å². The molecule has 1 aliphatic rings. The van der Waals surface area contributed by atoms with Crippen molar-refractivity contribution < 1.29 is 4.74 Å². The molecule has 0 amide bonds. The molecule has 3 rings (SSSR count). The Balaban J connectivity index is 1.89. The van der Waals surface area contributed by atoms with E-state index >= 15 is 0 Å². The van der Waals surface area contributed by atoms with E-state index in [4.69, 9.17) is 9.72 Å². The molecular weight excluding hydrogens is 284 g/mol. The third-order valence-electron chi connectivity index (χ3n) is 4.03. The molecule has 6 heteroatoms. The minimum Gasteiger partial charge on any atom is -0.380 e. The Kier molecular flexibility index (Phi) is 4.47. The molecule has 1 N–H and O–H groups in total. The number of hydrogen-bond donors (Lipinski definition) is 1. The average molecular weight is 308 g/mol. The summed E-state index contributed by atoms with van der Waals surface area (Å²) in [6, 6.07) is 0.468. The number of nitrogens with zero attached hydrogens (tertiary/aromatic N) is 3. The quantitative estimate of drug-likeness (QED) is 0.921. The highest BCUT2D eigenvalue weighted by molar-refractivity contribution is 7.15. The zero-order valence-corrected chi connectivity index (χ0v) is 13.8. The van der Waals surface area contributed by atoms with Gasteiger partial charge in [0.15, 0.2) is 10.8 Å². The van der Waals surface area contributed by atoms with Gasteiger partial charge in [0.2, 0.25) is 0 Å². The standard InChI is InChI=1S/C15H24N4OS/c1-11(2)16-9-13-14(17-15-19(13)7-8-21-15)18-6-4-5-12(10-18)20-3/h7-8,11-12,16H,4-6,9-10H2,1-3H3. The second-order valence-corrected chi connectivity index (χ2v) is 6.79. The third-order valence-corrected chi connectivity index (χ3v) is 4.79. The van der Waals surface area contributed by atoms with Crippen LogP contribution in [-0.2, 0) is 11.3 Å². The molecule has 0 spiro atoms. The number of hydrogen-bond acceptors (Lipinski definition) is 5. The Bertz CT molecular complexity index is 592. The summed E-state index contributed by atoms with van der Waals surface area (Å²) in [6.07, 6.45) is 4.76. The number of fused-ring (bicyclic) bond motifs is 1. The Morgan fingerprint density at radius 1 is 1.52 bits per heavy atom. The Morgan fingerprint density at radius 3 is 3.14 bits per heavy atom. The summed E-state index contributed by atoms with van der Waals surface area (Å²) in [7, 11) is 1.81. The number of piperidine rings is 1. The first-order valence-corrected chi connectivity index (χ1v) is 8.52. The van der Waals surface area contributed by atoms with E-state index < -0.39 is 0 Å². The first kappa shape index (κ1) is 14.8. The van der Waals surface area contributed by atoms with Gasteiger partial charge in [0.05, 0.1) is 11.8 Å². The maximum atomic E-state index is 5.55. The van der Waals surface area contributed by atoms with Crippen molar-refractivity contribution in [2.24, 2.45) is 0 Å². The number of ether oxygens (including phenoxy) is 1. The SMILES string of the molecule is COC1CCCN(c2nc3sccn3c2CNC(C)C)C1. The first-order valence-electron chi connectivity index (χ1n) is 7.64. The van der Waals surface area contributed by atoms with Gasteiger partial charge < -0.3 is 15.0 Å². The lowest BCUT2D eigenvalue weighted by Gasteiger charge is -2.32. The summed E-state index contributed by atoms with van der Waals surface area (Å²) in [5.74, 6) is 1.12. The van der Waals surface area contributed by atoms with Crippen molar-refractivity contribution in [2.45, 2.75) is 45.4 Å². The number of nitrogens with one attached hydrogen (secondary N) is 1. The van der Waals surface area contributed by atoms with Crippen LogP contribution >= 0.6 is 11.3 Å². The van der Waals surface area contributed by atoms with E-state index in [1.165, 1.54) is 12.1 Å². The predicted molar refractivity (Wildman–Crippen MR) is 87.3 cm³/mol. The Hall–Kier alpha value is -1.11. The highest BCUT2D eigenvalue weighted by Gasteiger charge is 2.25. The molecule has 1 atom stereocenters. The molecule has 0 saturated carbocycles. The molecular formula is C15H24N4OS. The molecule has 1 unspecified atom stereocenters. The number of thiazole rings is 1. The summed E-state index contributed by atoms with van der Waals surface area (Å²) in [5, 5.41) is 5.62. The summed E-state index contributed by atoms with van der Waals surface area (Å²) in [6.45, 7) is 7.20. The molecule has 0 aromatic carbocycles. The smallest absolute Gasteiger partial charge is 0.195 e. The van der Waals surface area contributed by atoms with Gasteiger partial charge >= 0.3 is 0 Å². The second-order valence-electron chi connectivity index (χ2n) is 5.92. The molecule has 3 heterocycles. The normalized spacial score (nSPS) is 19.8. The zero-order valence-electron chi connectivity index (χ0n) is 13.0. The maximum Gasteiger partial charge on any atom is 0.195 e. The van der Waals surface area contributed by atoms with E-state index in [1.807, 2.05) is 0 Å². The fourth-order valence-corrected chi connectivity index (χ4v) is 3.59. The highest BCUT2D eigenvalue weighted by Crippen LogP contribution is 2.27. The first-order chi connectivity index (χ1) is 10.2. The minimum absolute atomic E-state index is 0.324. The molecule has 1 saturated heterocycles. The van der Waals surface area contributed by atoms with E-state index in [2.05, 4.69) is 40.0 Å². The second kappa shape index (κ2) is 6.34. The molecule has 5 nitrogen and oxygen atoms in total. The number of rotatable bonds is 5. The van der Waals surface area contributed by atoms with E-state index in [0.29, 0.717) is 12.1 Å². The van der Waals surface area contributed by atoms with Crippen LogP contribution in [0.5, 0.6) is 0 Å². The highest BCUT2D eigenvalue weighted by atomic mass is 32.1. The molecule has 1 fully saturated rings. The lowest BCUT2D eigenvalue weighted by Crippen LogP contribution is -2.40. The van der Waals surface area contributed by atoms with Crippen LogP contribution in [0.15, 0.2) is 11.6 Å². The van der Waals surface area contributed by atoms with Crippen LogP contribution in [0.3, 0.4) is 0 Å². The molecule has 0 aliphatic carbocycles. The van der Waals surface area contributed by atoms with Crippen LogP contribution in [0.25, 0.3) is 4.96 Å². The molecule has 0 radical (unpaired) electrons. The molecule has 2 aromatic heterocycles. The van der Waals surface area contributed by atoms with Crippen molar-refractivity contribution in [3.63, 3.8) is 0 Å². The van der Waals surface area contributed by atoms with Crippen molar-refractivity contribution in [3.05, 3.63) is 17.3 Å². The van der Waals surface area contributed by atoms with Gasteiger partial charge in [-0.25, -0.2) is 4.98 Å². The summed E-state index contributed by atoms with van der Waals surface area (Å²) < 4.78 is 7.76. The van der Waals surface area contributed by atoms with Gasteiger partial charge in [-0.15, -0.1) is 11.3 Å². The average Bonchev–Trinajstić information content (AvgIpc) is 3.06. The van der Waals surface area contributed by atoms with Gasteiger partial charge in [-0.05, 0) is 12.8 Å². The van der Waals surface area contributed by atoms with E-state index in [0.717, 1.165) is 36.8 Å². The van der Waals surface area contributed by atoms with Gasteiger partial charge in [0.25, 0.3) is 0 Å². The number of aromatic nitrogens is 2. The van der Waals surface area contributed by atoms with Gasteiger partial charge in [-0.3, -0.25) is 4.40 Å². The largest absolute Gasteiger partial charge is 0.380 e. The van der Waals surface area contributed by atoms with Crippen molar-refractivity contribution in [2.75, 3.05) is 25.1 Å². The summed E-state index contributed by atoms with van der Waals surface area (Å²) in [5.41, 5.74) is 1.26. The topological polar surface area (TPSA) is 41.8 Å². The lowest BCUT2D eigenvalue weighted by atomic mass is 10.1. The van der Waals surface area contributed by atoms with E-state index in [9.17, 15) is 0 Å². The molecule has 1 aliphatic heterocycles. The van der Waals surface area contributed by atoms with Crippen molar-refractivity contribution in [3.8, 4) is 0 Å². The Morgan fingerprint density at radius 2 is 2.38 bits per heavy atom. The zero-order chi connectivity index (χ0) is 14.8. The van der Waals surface area contributed by atoms with Crippen LogP contribution in [-0.4, -0.2) is 41.7 Å². The molecule has 0 bridgehead atoms. The van der Waals surface area contributed by atoms with Crippen molar-refractivity contribution >= 4 is 22.1 Å². The van der Waals surface area contributed by atoms with Gasteiger partial charge in [0.1, 0.15) is 0 Å². The van der Waals surface area contributed by atoms with Crippen LogP contribution < -0.4 is 10.2 Å². The third kappa shape index (κ3) is 3.07. The lowest BCUT2D eigenvalue weighted by molar-refractivity contribution is 0.0891. The fraction of sp³-hybridized carbons (Fsp3) is 0.667. The monoisotopic (exact) mass is 308 g/mol. The van der Waals surface area contributed by atoms with Crippen LogP contribution in [0.2, 0.25) is 0 Å². The van der Waals surface area contributed by atoms with Gasteiger partial charge in [0, 0.05) is 44.4 Å². The molecule has 116 valence electrons. The predicted octanol–water partition coefficient (Wildman–Crippen LogP) is 2.51. The van der Waals surface area contributed by atoms with Crippen LogP contribution in [0, 0.1) is 0 Å². The van der Waals surface area contributed by atoms with E-state index in [1.54, 1.807) is 18.4 Å². The van der Waals surface area contributed by atoms with Gasteiger partial charge in [-0.1, -0.05) is 13.8 Å². The van der Waals surface area contributed by atoms with Crippen molar-refractivity contribution in [1.29, 1.82) is 0 Å². The Labute approximate surface area is 129 Å². The number of imidazole rings is 1. The van der Waals surface area contributed by atoms with Crippen LogP contribution in [0.1, 0.15) is 32.4 Å². The number of anilines is 1. The molecule has 2 aromatic rings. The van der Waals surface area contributed by atoms with Crippen LogP contribution in [0.4, 0.5) is 5.82 Å². The van der Waals surface area contributed by atoms with Gasteiger partial charge in [-0.2, -0.15) is 0 Å². The maximum absolute atomic E-state index is 5.55. The fourth-order valence-electron chi connectivity index (χ4n) is 2.86. The molecule has 21 heavy (non-hydrogen) atoms. The van der Waals surface area contributed by atoms with Crippen molar-refractivity contribution in [1.82, 2.24) is 14.7 Å². The summed E-state index contributed by atoms with van der Waals surface area (Å²) >= 11 is 1.69. The number of methoxy groups -OCH3 is 1.